The summed E-state index contributed by atoms with van der Waals surface area (Å²) in [6, 6.07) is 11.9. The van der Waals surface area contributed by atoms with E-state index < -0.39 is 0 Å². The molecule has 1 atom stereocenters. The lowest BCUT2D eigenvalue weighted by atomic mass is 9.86. The van der Waals surface area contributed by atoms with Gasteiger partial charge in [-0.25, -0.2) is 0 Å². The number of likely N-dealkylation sites (tertiary alicyclic amines) is 1. The van der Waals surface area contributed by atoms with Crippen molar-refractivity contribution in [2.24, 2.45) is 5.41 Å². The van der Waals surface area contributed by atoms with Gasteiger partial charge in [0, 0.05) is 36.9 Å². The van der Waals surface area contributed by atoms with Crippen LogP contribution in [0.3, 0.4) is 0 Å². The number of hydrogen-bond donors (Lipinski definition) is 0. The molecule has 0 bridgehead atoms. The highest BCUT2D eigenvalue weighted by molar-refractivity contribution is 7.08. The van der Waals surface area contributed by atoms with E-state index in [0.717, 1.165) is 30.8 Å². The predicted octanol–water partition coefficient (Wildman–Crippen LogP) is 2.95. The molecular formula is C19H20N2O2S. The van der Waals surface area contributed by atoms with Gasteiger partial charge in [0.25, 0.3) is 0 Å². The van der Waals surface area contributed by atoms with Crippen LogP contribution in [0, 0.1) is 5.41 Å². The second kappa shape index (κ2) is 6.06. The van der Waals surface area contributed by atoms with Crippen LogP contribution >= 0.6 is 11.3 Å². The molecule has 0 radical (unpaired) electrons. The standard InChI is InChI=1S/C19H20N2O2S/c22-17(10-15-4-2-1-3-5-15)20-8-7-19(13-20)11-18(23)21(14-19)16-6-9-24-12-16/h1-6,9,12H,7-8,10-11,13-14H2. The molecule has 1 aromatic heterocycles. The van der Waals surface area contributed by atoms with Gasteiger partial charge >= 0.3 is 0 Å². The first-order chi connectivity index (χ1) is 11.7. The Morgan fingerprint density at radius 2 is 2.00 bits per heavy atom. The van der Waals surface area contributed by atoms with Gasteiger partial charge in [0.1, 0.15) is 0 Å². The van der Waals surface area contributed by atoms with Crippen LogP contribution in [0.25, 0.3) is 0 Å². The van der Waals surface area contributed by atoms with Crippen LogP contribution in [0.5, 0.6) is 0 Å². The van der Waals surface area contributed by atoms with Gasteiger partial charge in [-0.2, -0.15) is 11.3 Å². The monoisotopic (exact) mass is 340 g/mol. The highest BCUT2D eigenvalue weighted by Gasteiger charge is 2.48. The van der Waals surface area contributed by atoms with E-state index in [9.17, 15) is 9.59 Å². The normalized spacial score (nSPS) is 23.4. The molecule has 2 saturated heterocycles. The van der Waals surface area contributed by atoms with Crippen molar-refractivity contribution in [1.82, 2.24) is 4.90 Å². The summed E-state index contributed by atoms with van der Waals surface area (Å²) in [5, 5.41) is 4.02. The van der Waals surface area contributed by atoms with Crippen molar-refractivity contribution in [2.75, 3.05) is 24.5 Å². The lowest BCUT2D eigenvalue weighted by molar-refractivity contribution is -0.130. The highest BCUT2D eigenvalue weighted by Crippen LogP contribution is 2.42. The zero-order chi connectivity index (χ0) is 16.6. The molecule has 2 aromatic rings. The molecular weight excluding hydrogens is 320 g/mol. The van der Waals surface area contributed by atoms with E-state index in [1.54, 1.807) is 11.3 Å². The van der Waals surface area contributed by atoms with Gasteiger partial charge in [-0.1, -0.05) is 30.3 Å². The van der Waals surface area contributed by atoms with Crippen molar-refractivity contribution in [1.29, 1.82) is 0 Å². The van der Waals surface area contributed by atoms with Gasteiger partial charge in [0.15, 0.2) is 0 Å². The number of carbonyl (C=O) groups is 2. The average Bonchev–Trinajstić information content (AvgIpc) is 3.30. The summed E-state index contributed by atoms with van der Waals surface area (Å²) >= 11 is 1.61. The number of hydrogen-bond acceptors (Lipinski definition) is 3. The van der Waals surface area contributed by atoms with Crippen LogP contribution in [0.2, 0.25) is 0 Å². The number of thiophene rings is 1. The average molecular weight is 340 g/mol. The van der Waals surface area contributed by atoms with Crippen molar-refractivity contribution in [3.05, 3.63) is 52.7 Å². The zero-order valence-corrected chi connectivity index (χ0v) is 14.3. The van der Waals surface area contributed by atoms with Gasteiger partial charge < -0.3 is 9.80 Å². The first kappa shape index (κ1) is 15.4. The molecule has 2 aliphatic heterocycles. The molecule has 2 amide bonds. The quantitative estimate of drug-likeness (QED) is 0.862. The van der Waals surface area contributed by atoms with Crippen LogP contribution in [0.15, 0.2) is 47.2 Å². The fourth-order valence-corrected chi connectivity index (χ4v) is 4.49. The molecule has 5 heteroatoms. The van der Waals surface area contributed by atoms with Crippen molar-refractivity contribution < 1.29 is 9.59 Å². The first-order valence-corrected chi connectivity index (χ1v) is 9.24. The second-order valence-electron chi connectivity index (χ2n) is 6.87. The van der Waals surface area contributed by atoms with Crippen LogP contribution in [0.1, 0.15) is 18.4 Å². The molecule has 1 spiro atoms. The third-order valence-electron chi connectivity index (χ3n) is 5.13. The highest BCUT2D eigenvalue weighted by atomic mass is 32.1. The molecule has 0 N–H and O–H groups in total. The smallest absolute Gasteiger partial charge is 0.227 e. The fourth-order valence-electron chi connectivity index (χ4n) is 3.85. The molecule has 3 heterocycles. The Kier molecular flexibility index (Phi) is 3.88. The number of benzene rings is 1. The Morgan fingerprint density at radius 3 is 2.75 bits per heavy atom. The first-order valence-electron chi connectivity index (χ1n) is 8.30. The zero-order valence-electron chi connectivity index (χ0n) is 13.5. The molecule has 1 aromatic carbocycles. The minimum absolute atomic E-state index is 0.0641. The molecule has 0 saturated carbocycles. The van der Waals surface area contributed by atoms with E-state index in [0.29, 0.717) is 19.4 Å². The maximum Gasteiger partial charge on any atom is 0.227 e. The summed E-state index contributed by atoms with van der Waals surface area (Å²) in [6.07, 6.45) is 1.91. The molecule has 1 unspecified atom stereocenters. The van der Waals surface area contributed by atoms with Crippen LogP contribution < -0.4 is 4.90 Å². The van der Waals surface area contributed by atoms with Crippen molar-refractivity contribution in [3.63, 3.8) is 0 Å². The molecule has 2 fully saturated rings. The number of amides is 2. The largest absolute Gasteiger partial charge is 0.342 e. The number of carbonyl (C=O) groups excluding carboxylic acids is 2. The molecule has 2 aliphatic rings. The van der Waals surface area contributed by atoms with E-state index in [1.165, 1.54) is 0 Å². The number of anilines is 1. The fraction of sp³-hybridized carbons (Fsp3) is 0.368. The van der Waals surface area contributed by atoms with Crippen molar-refractivity contribution in [2.45, 2.75) is 19.3 Å². The SMILES string of the molecule is O=C(Cc1ccccc1)N1CCC2(CC(=O)N(c3ccsc3)C2)C1. The Bertz CT molecular complexity index is 744. The van der Waals surface area contributed by atoms with E-state index in [1.807, 2.05) is 57.0 Å². The van der Waals surface area contributed by atoms with Gasteiger partial charge in [0.2, 0.25) is 11.8 Å². The molecule has 124 valence electrons. The lowest BCUT2D eigenvalue weighted by Crippen LogP contribution is -2.34. The summed E-state index contributed by atoms with van der Waals surface area (Å²) in [7, 11) is 0. The molecule has 0 aliphatic carbocycles. The Labute approximate surface area is 145 Å². The second-order valence-corrected chi connectivity index (χ2v) is 7.65. The Morgan fingerprint density at radius 1 is 1.17 bits per heavy atom. The third kappa shape index (κ3) is 2.84. The summed E-state index contributed by atoms with van der Waals surface area (Å²) in [6.45, 7) is 2.19. The molecule has 4 nitrogen and oxygen atoms in total. The van der Waals surface area contributed by atoms with Gasteiger partial charge in [0.05, 0.1) is 12.1 Å². The van der Waals surface area contributed by atoms with Crippen molar-refractivity contribution in [3.8, 4) is 0 Å². The van der Waals surface area contributed by atoms with Crippen LogP contribution in [-0.2, 0) is 16.0 Å². The minimum Gasteiger partial charge on any atom is -0.342 e. The summed E-state index contributed by atoms with van der Waals surface area (Å²) in [4.78, 5) is 28.8. The van der Waals surface area contributed by atoms with E-state index in [2.05, 4.69) is 0 Å². The van der Waals surface area contributed by atoms with E-state index in [4.69, 9.17) is 0 Å². The topological polar surface area (TPSA) is 40.6 Å². The minimum atomic E-state index is -0.0641. The van der Waals surface area contributed by atoms with Gasteiger partial charge in [-0.15, -0.1) is 0 Å². The predicted molar refractivity (Wildman–Crippen MR) is 95.1 cm³/mol. The summed E-state index contributed by atoms with van der Waals surface area (Å²) in [5.41, 5.74) is 1.98. The summed E-state index contributed by atoms with van der Waals surface area (Å²) in [5.74, 6) is 0.352. The summed E-state index contributed by atoms with van der Waals surface area (Å²) < 4.78 is 0. The van der Waals surface area contributed by atoms with E-state index in [-0.39, 0.29) is 17.2 Å². The van der Waals surface area contributed by atoms with Gasteiger partial charge in [-0.3, -0.25) is 9.59 Å². The van der Waals surface area contributed by atoms with Gasteiger partial charge in [-0.05, 0) is 23.4 Å². The number of rotatable bonds is 3. The molecule has 24 heavy (non-hydrogen) atoms. The lowest BCUT2D eigenvalue weighted by Gasteiger charge is -2.24. The maximum atomic E-state index is 12.6. The van der Waals surface area contributed by atoms with Crippen LogP contribution in [-0.4, -0.2) is 36.3 Å². The maximum absolute atomic E-state index is 12.6. The third-order valence-corrected chi connectivity index (χ3v) is 5.80. The van der Waals surface area contributed by atoms with Crippen LogP contribution in [0.4, 0.5) is 5.69 Å². The molecule has 4 rings (SSSR count). The number of nitrogens with zero attached hydrogens (tertiary/aromatic N) is 2. The van der Waals surface area contributed by atoms with Crippen molar-refractivity contribution >= 4 is 28.8 Å². The Balaban J connectivity index is 1.43. The Hall–Kier alpha value is -2.14. The van der Waals surface area contributed by atoms with E-state index >= 15 is 0 Å².